The van der Waals surface area contributed by atoms with Crippen molar-refractivity contribution in [2.45, 2.75) is 83.5 Å². The van der Waals surface area contributed by atoms with E-state index in [1.54, 1.807) is 22.1 Å². The van der Waals surface area contributed by atoms with E-state index in [0.29, 0.717) is 17.1 Å². The molecule has 214 valence electrons. The number of aromatic nitrogens is 1. The van der Waals surface area contributed by atoms with Crippen molar-refractivity contribution in [3.05, 3.63) is 46.7 Å². The highest BCUT2D eigenvalue weighted by molar-refractivity contribution is 9.10. The number of aliphatic hydroxyl groups excluding tert-OH is 1. The van der Waals surface area contributed by atoms with E-state index in [2.05, 4.69) is 20.9 Å². The number of anilines is 1. The van der Waals surface area contributed by atoms with Gasteiger partial charge in [0.15, 0.2) is 0 Å². The Morgan fingerprint density at radius 3 is 2.55 bits per heavy atom. The number of cyclic esters (lactones) is 1. The molecule has 10 nitrogen and oxygen atoms in total. The SMILES string of the molecule is CC(=O)N(C[C@@H]1OC(=O)N2c3ccc(B4OC(C)(C)C(C)(C)O4)cc3OC[C@@H]12)C(C)CC(O)c1ccc(Br)cn1. The number of pyridine rings is 1. The van der Waals surface area contributed by atoms with E-state index >= 15 is 0 Å². The topological polar surface area (TPSA) is 111 Å². The zero-order valence-corrected chi connectivity index (χ0v) is 25.2. The van der Waals surface area contributed by atoms with Gasteiger partial charge in [0.05, 0.1) is 35.2 Å². The van der Waals surface area contributed by atoms with Gasteiger partial charge in [-0.05, 0) is 86.7 Å². The molecular formula is C28H35BBrN3O7. The Bertz CT molecular complexity index is 1280. The van der Waals surface area contributed by atoms with Gasteiger partial charge in [0, 0.05) is 23.6 Å². The Balaban J connectivity index is 1.29. The maximum absolute atomic E-state index is 13.0. The van der Waals surface area contributed by atoms with Gasteiger partial charge >= 0.3 is 13.2 Å². The number of rotatable bonds is 7. The minimum Gasteiger partial charge on any atom is -0.489 e. The molecule has 40 heavy (non-hydrogen) atoms. The molecular weight excluding hydrogens is 581 g/mol. The molecule has 12 heteroatoms. The third-order valence-corrected chi connectivity index (χ3v) is 8.83. The number of nitrogens with zero attached hydrogens (tertiary/aromatic N) is 3. The number of carbonyl (C=O) groups excluding carboxylic acids is 2. The molecule has 4 heterocycles. The Morgan fingerprint density at radius 1 is 1.23 bits per heavy atom. The fraction of sp³-hybridized carbons (Fsp3) is 0.536. The summed E-state index contributed by atoms with van der Waals surface area (Å²) in [7, 11) is -0.552. The minimum absolute atomic E-state index is 0.175. The smallest absolute Gasteiger partial charge is 0.489 e. The van der Waals surface area contributed by atoms with Crippen molar-refractivity contribution in [1.29, 1.82) is 0 Å². The Kier molecular flexibility index (Phi) is 7.66. The highest BCUT2D eigenvalue weighted by Crippen LogP contribution is 2.40. The van der Waals surface area contributed by atoms with Crippen molar-refractivity contribution in [1.82, 2.24) is 9.88 Å². The summed E-state index contributed by atoms with van der Waals surface area (Å²) in [4.78, 5) is 33.2. The van der Waals surface area contributed by atoms with Crippen LogP contribution in [0.3, 0.4) is 0 Å². The summed E-state index contributed by atoms with van der Waals surface area (Å²) in [6.07, 6.45) is -0.0336. The lowest BCUT2D eigenvalue weighted by Gasteiger charge is -2.35. The Morgan fingerprint density at radius 2 is 1.93 bits per heavy atom. The number of ether oxygens (including phenoxy) is 2. The summed E-state index contributed by atoms with van der Waals surface area (Å²) in [6.45, 7) is 11.7. The first-order chi connectivity index (χ1) is 18.8. The molecule has 3 aliphatic rings. The van der Waals surface area contributed by atoms with Crippen molar-refractivity contribution < 1.29 is 33.5 Å². The van der Waals surface area contributed by atoms with Crippen LogP contribution in [-0.4, -0.2) is 76.7 Å². The zero-order valence-electron chi connectivity index (χ0n) is 23.6. The quantitative estimate of drug-likeness (QED) is 0.471. The summed E-state index contributed by atoms with van der Waals surface area (Å²) in [5.74, 6) is 0.366. The number of amides is 2. The second-order valence-corrected chi connectivity index (χ2v) is 12.6. The van der Waals surface area contributed by atoms with Crippen molar-refractivity contribution in [2.75, 3.05) is 18.1 Å². The molecule has 1 N–H and O–H groups in total. The van der Waals surface area contributed by atoms with E-state index in [1.807, 2.05) is 58.9 Å². The van der Waals surface area contributed by atoms with Crippen LogP contribution in [0.2, 0.25) is 0 Å². The standard InChI is InChI=1S/C28H35BBrN3O7/c1-16(11-23(35)20-9-8-19(30)13-31-20)32(17(2)34)14-25-22-15-37-24-12-18(7-10-21(24)33(22)26(36)38-25)29-39-27(3,4)28(5,6)40-29/h7-10,12-13,16,22-23,25,35H,11,14-15H2,1-6H3/t16?,22-,23?,25-/m0/s1. The maximum atomic E-state index is 13.0. The van der Waals surface area contributed by atoms with Crippen LogP contribution in [0.5, 0.6) is 5.75 Å². The van der Waals surface area contributed by atoms with Crippen LogP contribution in [-0.2, 0) is 18.8 Å². The molecule has 0 radical (unpaired) electrons. The van der Waals surface area contributed by atoms with Crippen molar-refractivity contribution in [3.8, 4) is 5.75 Å². The Hall–Kier alpha value is -2.67. The number of carbonyl (C=O) groups is 2. The predicted molar refractivity (Wildman–Crippen MR) is 153 cm³/mol. The lowest BCUT2D eigenvalue weighted by atomic mass is 9.78. The van der Waals surface area contributed by atoms with Crippen molar-refractivity contribution in [3.63, 3.8) is 0 Å². The predicted octanol–water partition coefficient (Wildman–Crippen LogP) is 3.59. The average Bonchev–Trinajstić information content (AvgIpc) is 3.32. The summed E-state index contributed by atoms with van der Waals surface area (Å²) >= 11 is 3.34. The monoisotopic (exact) mass is 615 g/mol. The molecule has 1 aromatic heterocycles. The van der Waals surface area contributed by atoms with Crippen LogP contribution in [0.1, 0.15) is 59.8 Å². The molecule has 3 aliphatic heterocycles. The number of hydrogen-bond acceptors (Lipinski definition) is 8. The van der Waals surface area contributed by atoms with Gasteiger partial charge in [0.1, 0.15) is 24.5 Å². The number of aliphatic hydroxyl groups is 1. The van der Waals surface area contributed by atoms with Gasteiger partial charge in [-0.1, -0.05) is 6.07 Å². The van der Waals surface area contributed by atoms with Gasteiger partial charge in [0.2, 0.25) is 5.91 Å². The van der Waals surface area contributed by atoms with E-state index in [0.717, 1.165) is 9.94 Å². The van der Waals surface area contributed by atoms with Gasteiger partial charge in [-0.2, -0.15) is 0 Å². The van der Waals surface area contributed by atoms with E-state index in [1.165, 1.54) is 6.92 Å². The normalized spacial score (nSPS) is 24.1. The third-order valence-electron chi connectivity index (χ3n) is 8.36. The molecule has 4 atom stereocenters. The number of benzene rings is 1. The molecule has 2 fully saturated rings. The van der Waals surface area contributed by atoms with E-state index in [4.69, 9.17) is 18.8 Å². The van der Waals surface area contributed by atoms with Crippen LogP contribution >= 0.6 is 15.9 Å². The highest BCUT2D eigenvalue weighted by atomic mass is 79.9. The highest BCUT2D eigenvalue weighted by Gasteiger charge is 2.52. The van der Waals surface area contributed by atoms with E-state index in [9.17, 15) is 14.7 Å². The summed E-state index contributed by atoms with van der Waals surface area (Å²) in [6, 6.07) is 8.35. The van der Waals surface area contributed by atoms with E-state index in [-0.39, 0.29) is 31.5 Å². The number of fused-ring (bicyclic) bond motifs is 3. The first kappa shape index (κ1) is 28.8. The zero-order chi connectivity index (χ0) is 29.0. The maximum Gasteiger partial charge on any atom is 0.494 e. The molecule has 2 aromatic rings. The fourth-order valence-electron chi connectivity index (χ4n) is 5.30. The van der Waals surface area contributed by atoms with Crippen LogP contribution in [0.15, 0.2) is 41.0 Å². The molecule has 0 aliphatic carbocycles. The lowest BCUT2D eigenvalue weighted by molar-refractivity contribution is -0.133. The Labute approximate surface area is 243 Å². The molecule has 2 saturated heterocycles. The largest absolute Gasteiger partial charge is 0.494 e. The molecule has 5 rings (SSSR count). The summed E-state index contributed by atoms with van der Waals surface area (Å²) in [5.41, 5.74) is 0.972. The van der Waals surface area contributed by atoms with Gasteiger partial charge in [0.25, 0.3) is 0 Å². The van der Waals surface area contributed by atoms with Gasteiger partial charge < -0.3 is 28.8 Å². The van der Waals surface area contributed by atoms with Crippen molar-refractivity contribution >= 4 is 46.2 Å². The van der Waals surface area contributed by atoms with Crippen LogP contribution in [0.4, 0.5) is 10.5 Å². The van der Waals surface area contributed by atoms with E-state index < -0.39 is 42.7 Å². The number of hydrogen-bond donors (Lipinski definition) is 1. The summed E-state index contributed by atoms with van der Waals surface area (Å²) in [5, 5.41) is 10.7. The molecule has 0 spiro atoms. The van der Waals surface area contributed by atoms with Gasteiger partial charge in [-0.25, -0.2) is 4.79 Å². The third kappa shape index (κ3) is 5.34. The summed E-state index contributed by atoms with van der Waals surface area (Å²) < 4.78 is 25.0. The molecule has 0 saturated carbocycles. The molecule has 0 bridgehead atoms. The average molecular weight is 616 g/mol. The molecule has 2 amide bonds. The first-order valence-electron chi connectivity index (χ1n) is 13.5. The second-order valence-electron chi connectivity index (χ2n) is 11.7. The molecule has 1 aromatic carbocycles. The first-order valence-corrected chi connectivity index (χ1v) is 14.3. The second kappa shape index (κ2) is 10.6. The van der Waals surface area contributed by atoms with Crippen molar-refractivity contribution in [2.24, 2.45) is 0 Å². The number of halogens is 1. The van der Waals surface area contributed by atoms with Crippen LogP contribution < -0.4 is 15.1 Å². The fourth-order valence-corrected chi connectivity index (χ4v) is 5.53. The van der Waals surface area contributed by atoms with Crippen LogP contribution in [0, 0.1) is 0 Å². The minimum atomic E-state index is -0.851. The van der Waals surface area contributed by atoms with Crippen LogP contribution in [0.25, 0.3) is 0 Å². The van der Waals surface area contributed by atoms with Gasteiger partial charge in [-0.15, -0.1) is 0 Å². The van der Waals surface area contributed by atoms with Gasteiger partial charge in [-0.3, -0.25) is 14.7 Å². The lowest BCUT2D eigenvalue weighted by Crippen LogP contribution is -2.50. The molecule has 2 unspecified atom stereocenters.